The molecule has 1 aliphatic carbocycles. The van der Waals surface area contributed by atoms with E-state index in [9.17, 15) is 14.7 Å². The number of halogens is 1. The Labute approximate surface area is 170 Å². The number of esters is 1. The van der Waals surface area contributed by atoms with Gasteiger partial charge in [-0.15, -0.1) is 0 Å². The second-order valence-electron chi connectivity index (χ2n) is 7.53. The topological polar surface area (TPSA) is 63.6 Å². The van der Waals surface area contributed by atoms with Crippen LogP contribution in [0.1, 0.15) is 32.8 Å². The van der Waals surface area contributed by atoms with Crippen LogP contribution in [0.2, 0.25) is 5.02 Å². The molecule has 148 valence electrons. The first kappa shape index (κ1) is 21.9. The van der Waals surface area contributed by atoms with Crippen LogP contribution in [0, 0.1) is 5.41 Å². The normalized spacial score (nSPS) is 22.6. The van der Waals surface area contributed by atoms with Gasteiger partial charge in [0.25, 0.3) is 0 Å². The average molecular weight is 401 g/mol. The van der Waals surface area contributed by atoms with E-state index in [1.807, 2.05) is 32.1 Å². The molecule has 1 aromatic rings. The van der Waals surface area contributed by atoms with Crippen molar-refractivity contribution in [2.45, 2.75) is 32.8 Å². The Morgan fingerprint density at radius 2 is 2.00 bits per heavy atom. The third-order valence-electron chi connectivity index (χ3n) is 4.84. The summed E-state index contributed by atoms with van der Waals surface area (Å²) >= 11 is 6.02. The molecule has 2 rings (SSSR count). The van der Waals surface area contributed by atoms with E-state index in [1.54, 1.807) is 37.3 Å². The fourth-order valence-electron chi connectivity index (χ4n) is 3.13. The predicted molar refractivity (Wildman–Crippen MR) is 112 cm³/mol. The minimum Gasteiger partial charge on any atom is -0.466 e. The van der Waals surface area contributed by atoms with E-state index in [1.165, 1.54) is 19.3 Å². The summed E-state index contributed by atoms with van der Waals surface area (Å²) in [6.07, 6.45) is 9.85. The third-order valence-corrected chi connectivity index (χ3v) is 5.08. The molecule has 1 aromatic carbocycles. The summed E-state index contributed by atoms with van der Waals surface area (Å²) in [5, 5.41) is 12.1. The number of hydrogen-bond donors (Lipinski definition) is 1. The summed E-state index contributed by atoms with van der Waals surface area (Å²) in [5.41, 5.74) is -0.143. The zero-order valence-electron chi connectivity index (χ0n) is 16.5. The number of hydrogen-bond acceptors (Lipinski definition) is 4. The van der Waals surface area contributed by atoms with E-state index < -0.39 is 17.0 Å². The molecule has 5 heteroatoms. The molecule has 28 heavy (non-hydrogen) atoms. The Kier molecular flexibility index (Phi) is 6.81. The standard InChI is InChI=1S/C23H25ClO4/c1-16(12-21(26)28-4)10-11-23(27)18(14-20(25)15-22(23,2)3)9-8-17-6-5-7-19(24)13-17/h5-14,27H,15H2,1-4H3/b9-8+,11-10+,16-12-/t23-/m1/s1. The van der Waals surface area contributed by atoms with Crippen LogP contribution in [0.25, 0.3) is 6.08 Å². The number of benzene rings is 1. The van der Waals surface area contributed by atoms with Gasteiger partial charge in [0.2, 0.25) is 0 Å². The number of carbonyl (C=O) groups is 2. The molecule has 0 heterocycles. The minimum absolute atomic E-state index is 0.0457. The third kappa shape index (κ3) is 5.09. The van der Waals surface area contributed by atoms with Gasteiger partial charge in [-0.3, -0.25) is 4.79 Å². The lowest BCUT2D eigenvalue weighted by atomic mass is 9.64. The number of carbonyl (C=O) groups excluding carboxylic acids is 2. The molecule has 1 N–H and O–H groups in total. The fraction of sp³-hybridized carbons (Fsp3) is 0.304. The summed E-state index contributed by atoms with van der Waals surface area (Å²) in [4.78, 5) is 23.6. The predicted octanol–water partition coefficient (Wildman–Crippen LogP) is 4.69. The first-order valence-electron chi connectivity index (χ1n) is 8.94. The highest BCUT2D eigenvalue weighted by atomic mass is 35.5. The molecule has 0 unspecified atom stereocenters. The maximum atomic E-state index is 12.2. The summed E-state index contributed by atoms with van der Waals surface area (Å²) in [6.45, 7) is 5.42. The zero-order valence-corrected chi connectivity index (χ0v) is 17.3. The van der Waals surface area contributed by atoms with Gasteiger partial charge in [-0.1, -0.05) is 55.8 Å². The van der Waals surface area contributed by atoms with Crippen molar-refractivity contribution in [2.24, 2.45) is 5.41 Å². The SMILES string of the molecule is COC(=O)/C=C(C)\C=C\[C@@]1(O)C(/C=C/c2cccc(Cl)c2)=CC(=O)CC1(C)C. The Balaban J connectivity index is 2.43. The quantitative estimate of drug-likeness (QED) is 0.442. The van der Waals surface area contributed by atoms with E-state index >= 15 is 0 Å². The summed E-state index contributed by atoms with van der Waals surface area (Å²) in [7, 11) is 1.31. The van der Waals surface area contributed by atoms with Crippen LogP contribution in [0.4, 0.5) is 0 Å². The lowest BCUT2D eigenvalue weighted by Gasteiger charge is -2.44. The van der Waals surface area contributed by atoms with Crippen LogP contribution in [0.3, 0.4) is 0 Å². The molecule has 0 saturated carbocycles. The molecule has 4 nitrogen and oxygen atoms in total. The number of ketones is 1. The molecule has 0 aliphatic heterocycles. The van der Waals surface area contributed by atoms with Crippen LogP contribution >= 0.6 is 11.6 Å². The highest BCUT2D eigenvalue weighted by molar-refractivity contribution is 6.30. The Hall–Kier alpha value is -2.43. The van der Waals surface area contributed by atoms with E-state index in [0.717, 1.165) is 5.56 Å². The first-order chi connectivity index (χ1) is 13.1. The van der Waals surface area contributed by atoms with Gasteiger partial charge in [-0.2, -0.15) is 0 Å². The molecule has 0 fully saturated rings. The largest absolute Gasteiger partial charge is 0.466 e. The highest BCUT2D eigenvalue weighted by Gasteiger charge is 2.47. The van der Waals surface area contributed by atoms with Gasteiger partial charge < -0.3 is 9.84 Å². The summed E-state index contributed by atoms with van der Waals surface area (Å²) in [6, 6.07) is 7.30. The molecule has 1 atom stereocenters. The van der Waals surface area contributed by atoms with Crippen LogP contribution < -0.4 is 0 Å². The maximum Gasteiger partial charge on any atom is 0.330 e. The number of ether oxygens (including phenoxy) is 1. The Bertz CT molecular complexity index is 890. The van der Waals surface area contributed by atoms with Gasteiger partial charge >= 0.3 is 5.97 Å². The summed E-state index contributed by atoms with van der Waals surface area (Å²) in [5.74, 6) is -0.514. The van der Waals surface area contributed by atoms with E-state index in [0.29, 0.717) is 16.2 Å². The molecular formula is C23H25ClO4. The molecule has 0 amide bonds. The van der Waals surface area contributed by atoms with Crippen molar-refractivity contribution in [2.75, 3.05) is 7.11 Å². The number of allylic oxidation sites excluding steroid dienone is 3. The van der Waals surface area contributed by atoms with Gasteiger partial charge in [-0.25, -0.2) is 4.79 Å². The van der Waals surface area contributed by atoms with Crippen molar-refractivity contribution < 1.29 is 19.4 Å². The molecular weight excluding hydrogens is 376 g/mol. The maximum absolute atomic E-state index is 12.2. The molecule has 0 aromatic heterocycles. The number of aliphatic hydroxyl groups is 1. The number of rotatable bonds is 5. The Morgan fingerprint density at radius 1 is 1.29 bits per heavy atom. The van der Waals surface area contributed by atoms with Gasteiger partial charge in [0.15, 0.2) is 5.78 Å². The van der Waals surface area contributed by atoms with Crippen LogP contribution in [-0.4, -0.2) is 29.6 Å². The van der Waals surface area contributed by atoms with Gasteiger partial charge in [0.05, 0.1) is 7.11 Å². The van der Waals surface area contributed by atoms with E-state index in [-0.39, 0.29) is 12.2 Å². The zero-order chi connectivity index (χ0) is 20.9. The second kappa shape index (κ2) is 8.72. The molecule has 1 aliphatic rings. The lowest BCUT2D eigenvalue weighted by molar-refractivity contribution is -0.134. The second-order valence-corrected chi connectivity index (χ2v) is 7.96. The van der Waals surface area contributed by atoms with Crippen LogP contribution in [0.5, 0.6) is 0 Å². The lowest BCUT2D eigenvalue weighted by Crippen LogP contribution is -2.48. The first-order valence-corrected chi connectivity index (χ1v) is 9.32. The van der Waals surface area contributed by atoms with E-state index in [4.69, 9.17) is 11.6 Å². The molecule has 0 spiro atoms. The van der Waals surface area contributed by atoms with Crippen molar-refractivity contribution in [1.29, 1.82) is 0 Å². The van der Waals surface area contributed by atoms with Crippen LogP contribution in [0.15, 0.2) is 65.8 Å². The van der Waals surface area contributed by atoms with Gasteiger partial charge in [0, 0.05) is 22.9 Å². The fourth-order valence-corrected chi connectivity index (χ4v) is 3.33. The van der Waals surface area contributed by atoms with Crippen molar-refractivity contribution in [3.63, 3.8) is 0 Å². The molecule has 0 saturated heterocycles. The highest BCUT2D eigenvalue weighted by Crippen LogP contribution is 2.45. The van der Waals surface area contributed by atoms with Crippen molar-refractivity contribution in [3.05, 3.63) is 76.4 Å². The molecule has 0 bridgehead atoms. The van der Waals surface area contributed by atoms with Crippen molar-refractivity contribution in [1.82, 2.24) is 0 Å². The van der Waals surface area contributed by atoms with Crippen LogP contribution in [-0.2, 0) is 14.3 Å². The van der Waals surface area contributed by atoms with Crippen molar-refractivity contribution >= 4 is 29.4 Å². The number of methoxy groups -OCH3 is 1. The van der Waals surface area contributed by atoms with E-state index in [2.05, 4.69) is 4.74 Å². The smallest absolute Gasteiger partial charge is 0.330 e. The summed E-state index contributed by atoms with van der Waals surface area (Å²) < 4.78 is 4.62. The Morgan fingerprint density at radius 3 is 2.64 bits per heavy atom. The molecule has 0 radical (unpaired) electrons. The van der Waals surface area contributed by atoms with Gasteiger partial charge in [0.1, 0.15) is 5.60 Å². The monoisotopic (exact) mass is 400 g/mol. The minimum atomic E-state index is -1.39. The van der Waals surface area contributed by atoms with Gasteiger partial charge in [-0.05, 0) is 47.9 Å². The van der Waals surface area contributed by atoms with Crippen molar-refractivity contribution in [3.8, 4) is 0 Å². The average Bonchev–Trinajstić information content (AvgIpc) is 2.61.